The van der Waals surface area contributed by atoms with Crippen molar-refractivity contribution in [2.24, 2.45) is 0 Å². The maximum atomic E-state index is 2.50. The zero-order valence-corrected chi connectivity index (χ0v) is 25.6. The molecular weight excluding hydrogens is 555 g/mol. The summed E-state index contributed by atoms with van der Waals surface area (Å²) >= 11 is 0.956. The van der Waals surface area contributed by atoms with E-state index >= 15 is 0 Å². The number of rotatable bonds is 3. The number of allylic oxidation sites excluding steroid dienone is 4. The van der Waals surface area contributed by atoms with Crippen LogP contribution >= 0.6 is 11.3 Å². The van der Waals surface area contributed by atoms with Crippen LogP contribution in [-0.2, 0) is 34.1 Å². The molecule has 0 unspecified atom stereocenters. The van der Waals surface area contributed by atoms with Crippen LogP contribution in [0.3, 0.4) is 0 Å². The molecular formula is C30H32Cl2SZr. The summed E-state index contributed by atoms with van der Waals surface area (Å²) in [5, 5.41) is 4.52. The maximum Gasteiger partial charge on any atom is -1.00 e. The fourth-order valence-corrected chi connectivity index (χ4v) is 9.88. The number of hydrogen-bond acceptors (Lipinski definition) is 1. The number of thiophene rings is 1. The van der Waals surface area contributed by atoms with E-state index in [2.05, 4.69) is 107 Å². The van der Waals surface area contributed by atoms with Gasteiger partial charge in [0.25, 0.3) is 0 Å². The summed E-state index contributed by atoms with van der Waals surface area (Å²) in [6.45, 7) is 14.0. The van der Waals surface area contributed by atoms with E-state index in [1.54, 1.807) is 25.7 Å². The van der Waals surface area contributed by atoms with Gasteiger partial charge in [0.15, 0.2) is 0 Å². The Kier molecular flexibility index (Phi) is 8.31. The van der Waals surface area contributed by atoms with Crippen molar-refractivity contribution >= 4 is 16.9 Å². The molecule has 2 aliphatic carbocycles. The minimum atomic E-state index is -0.851. The standard InChI is InChI=1S/C21H25.C9H7S.2ClH.Zr/c1-20(2,3)16-9-7-14-11-15-8-10-17(21(4,5)6)13-19(15)18(14)12-16;1-2-4-8(3-1)9-5-6-10-7-9;;;/h7-13H,1-6H3;1,3,5-7H,2H2;2*1H;/q;;;;+2/p-2. The zero-order valence-electron chi connectivity index (χ0n) is 20.8. The fraction of sp³-hybridized carbons (Fsp3) is 0.333. The van der Waals surface area contributed by atoms with Crippen LogP contribution in [0.5, 0.6) is 0 Å². The fourth-order valence-electron chi connectivity index (χ4n) is 4.84. The zero-order chi connectivity index (χ0) is 22.7. The Bertz CT molecular complexity index is 1170. The van der Waals surface area contributed by atoms with Gasteiger partial charge < -0.3 is 24.8 Å². The molecule has 0 fully saturated rings. The average Bonchev–Trinajstić information content (AvgIpc) is 3.46. The van der Waals surface area contributed by atoms with Crippen molar-refractivity contribution in [1.82, 2.24) is 0 Å². The van der Waals surface area contributed by atoms with Gasteiger partial charge in [-0.05, 0) is 0 Å². The van der Waals surface area contributed by atoms with Crippen molar-refractivity contribution in [2.75, 3.05) is 0 Å². The molecule has 3 aromatic rings. The molecule has 0 N–H and O–H groups in total. The summed E-state index contributed by atoms with van der Waals surface area (Å²) in [6, 6.07) is 17.0. The van der Waals surface area contributed by atoms with Crippen molar-refractivity contribution in [3.63, 3.8) is 0 Å². The van der Waals surface area contributed by atoms with Crippen molar-refractivity contribution in [3.05, 3.63) is 96.5 Å². The number of benzene rings is 2. The van der Waals surface area contributed by atoms with Gasteiger partial charge in [0.2, 0.25) is 0 Å². The summed E-state index contributed by atoms with van der Waals surface area (Å²) in [6.07, 6.45) is 5.91. The van der Waals surface area contributed by atoms with Crippen molar-refractivity contribution in [2.45, 2.75) is 62.4 Å². The number of hydrogen-bond donors (Lipinski definition) is 0. The van der Waals surface area contributed by atoms with Gasteiger partial charge in [-0.15, -0.1) is 0 Å². The first-order valence-corrected chi connectivity index (χ1v) is 15.2. The quantitative estimate of drug-likeness (QED) is 0.443. The third-order valence-electron chi connectivity index (χ3n) is 6.83. The predicted octanol–water partition coefficient (Wildman–Crippen LogP) is 2.87. The first-order valence-electron chi connectivity index (χ1n) is 11.6. The number of halogens is 2. The Morgan fingerprint density at radius 2 is 1.35 bits per heavy atom. The van der Waals surface area contributed by atoms with Crippen LogP contribution in [0, 0.1) is 0 Å². The van der Waals surface area contributed by atoms with Crippen LogP contribution in [0.1, 0.15) is 79.4 Å². The topological polar surface area (TPSA) is 0 Å². The Morgan fingerprint density at radius 1 is 0.794 bits per heavy atom. The Morgan fingerprint density at radius 3 is 1.82 bits per heavy atom. The van der Waals surface area contributed by atoms with Crippen molar-refractivity contribution < 1.29 is 48.0 Å². The molecule has 4 heteroatoms. The second-order valence-electron chi connectivity index (χ2n) is 11.2. The molecule has 176 valence electrons. The van der Waals surface area contributed by atoms with Crippen LogP contribution in [-0.4, -0.2) is 0 Å². The molecule has 0 spiro atoms. The molecule has 0 aliphatic heterocycles. The molecule has 0 radical (unpaired) electrons. The minimum Gasteiger partial charge on any atom is -1.00 e. The molecule has 1 aromatic heterocycles. The van der Waals surface area contributed by atoms with E-state index in [4.69, 9.17) is 0 Å². The molecule has 0 saturated heterocycles. The molecule has 1 heterocycles. The maximum absolute atomic E-state index is 2.50. The molecule has 5 rings (SSSR count). The van der Waals surface area contributed by atoms with E-state index in [0.29, 0.717) is 3.63 Å². The van der Waals surface area contributed by atoms with Crippen molar-refractivity contribution in [3.8, 4) is 11.1 Å². The third kappa shape index (κ3) is 5.13. The van der Waals surface area contributed by atoms with E-state index in [0.717, 1.165) is 6.42 Å². The van der Waals surface area contributed by atoms with E-state index < -0.39 is 23.2 Å². The van der Waals surface area contributed by atoms with Crippen LogP contribution in [0.25, 0.3) is 16.7 Å². The Balaban J connectivity index is 0.00000162. The molecule has 2 aliphatic rings. The first-order chi connectivity index (χ1) is 15.1. The molecule has 0 bridgehead atoms. The molecule has 0 amide bonds. The molecule has 0 nitrogen and oxygen atoms in total. The minimum absolute atomic E-state index is 0. The van der Waals surface area contributed by atoms with Gasteiger partial charge in [0.1, 0.15) is 0 Å². The van der Waals surface area contributed by atoms with Crippen LogP contribution < -0.4 is 24.8 Å². The summed E-state index contributed by atoms with van der Waals surface area (Å²) in [7, 11) is 0. The monoisotopic (exact) mass is 584 g/mol. The van der Waals surface area contributed by atoms with Gasteiger partial charge in [0, 0.05) is 0 Å². The first kappa shape index (κ1) is 27.7. The summed E-state index contributed by atoms with van der Waals surface area (Å²) < 4.78 is 2.35. The molecule has 2 aromatic carbocycles. The second-order valence-corrected chi connectivity index (χ2v) is 15.6. The van der Waals surface area contributed by atoms with Gasteiger partial charge in [-0.25, -0.2) is 0 Å². The SMILES string of the molecule is CC(C)(C)c1ccc2c(c1)-c1cc(C(C)(C)C)ccc1[CH]2[Zr+2][C]1=C(c2ccsc2)C=CC1.[Cl-].[Cl-]. The van der Waals surface area contributed by atoms with E-state index in [1.165, 1.54) is 33.4 Å². The molecule has 0 atom stereocenters. The molecule has 34 heavy (non-hydrogen) atoms. The Labute approximate surface area is 233 Å². The average molecular weight is 587 g/mol. The second kappa shape index (κ2) is 10.2. The van der Waals surface area contributed by atoms with E-state index in [9.17, 15) is 0 Å². The summed E-state index contributed by atoms with van der Waals surface area (Å²) in [4.78, 5) is 0. The normalized spacial score (nSPS) is 14.9. The van der Waals surface area contributed by atoms with E-state index in [-0.39, 0.29) is 35.6 Å². The summed E-state index contributed by atoms with van der Waals surface area (Å²) in [5.41, 5.74) is 12.3. The summed E-state index contributed by atoms with van der Waals surface area (Å²) in [5.74, 6) is 0. The van der Waals surface area contributed by atoms with Crippen molar-refractivity contribution in [1.29, 1.82) is 0 Å². The van der Waals surface area contributed by atoms with E-state index in [1.807, 2.05) is 0 Å². The van der Waals surface area contributed by atoms with Gasteiger partial charge in [-0.1, -0.05) is 0 Å². The van der Waals surface area contributed by atoms with Gasteiger partial charge in [-0.2, -0.15) is 0 Å². The van der Waals surface area contributed by atoms with Crippen LogP contribution in [0.2, 0.25) is 0 Å². The van der Waals surface area contributed by atoms with Gasteiger partial charge in [0.05, 0.1) is 0 Å². The van der Waals surface area contributed by atoms with Crippen LogP contribution in [0.15, 0.2) is 68.7 Å². The van der Waals surface area contributed by atoms with Crippen LogP contribution in [0.4, 0.5) is 0 Å². The largest absolute Gasteiger partial charge is 1.00 e. The predicted molar refractivity (Wildman–Crippen MR) is 136 cm³/mol. The molecule has 0 saturated carbocycles. The Hall–Kier alpha value is -0.917. The van der Waals surface area contributed by atoms with Gasteiger partial charge >= 0.3 is 210 Å². The number of fused-ring (bicyclic) bond motifs is 3. The third-order valence-corrected chi connectivity index (χ3v) is 11.8. The smallest absolute Gasteiger partial charge is 1.00 e. The van der Waals surface area contributed by atoms with Gasteiger partial charge in [-0.3, -0.25) is 0 Å².